The predicted molar refractivity (Wildman–Crippen MR) is 104 cm³/mol. The van der Waals surface area contributed by atoms with E-state index in [1.54, 1.807) is 24.3 Å². The summed E-state index contributed by atoms with van der Waals surface area (Å²) in [5, 5.41) is 12.7. The molecular weight excluding hydrogens is 378 g/mol. The number of hydrogen-bond donors (Lipinski definition) is 3. The smallest absolute Gasteiger partial charge is 0.329 e. The maximum Gasteiger partial charge on any atom is 0.329 e. The summed E-state index contributed by atoms with van der Waals surface area (Å²) in [7, 11) is 0. The van der Waals surface area contributed by atoms with Crippen molar-refractivity contribution in [3.63, 3.8) is 0 Å². The number of fused-ring (bicyclic) bond motifs is 1. The molecule has 0 bridgehead atoms. The lowest BCUT2D eigenvalue weighted by Gasteiger charge is -2.13. The zero-order valence-corrected chi connectivity index (χ0v) is 15.7. The van der Waals surface area contributed by atoms with Crippen LogP contribution in [0, 0.1) is 0 Å². The number of aliphatic hydroxyl groups excluding tert-OH is 1. The summed E-state index contributed by atoms with van der Waals surface area (Å²) in [5.74, 6) is 0.302. The molecule has 3 aromatic rings. The van der Waals surface area contributed by atoms with E-state index in [1.165, 1.54) is 10.9 Å². The Hall–Kier alpha value is -3.24. The molecule has 2 aromatic heterocycles. The van der Waals surface area contributed by atoms with Gasteiger partial charge in [0.15, 0.2) is 18.1 Å². The van der Waals surface area contributed by atoms with Gasteiger partial charge in [-0.1, -0.05) is 25.1 Å². The Bertz CT molecular complexity index is 1060. The van der Waals surface area contributed by atoms with Crippen LogP contribution >= 0.6 is 0 Å². The highest BCUT2D eigenvalue weighted by atomic mass is 16.5. The fourth-order valence-corrected chi connectivity index (χ4v) is 3.37. The topological polar surface area (TPSA) is 131 Å². The first-order valence-corrected chi connectivity index (χ1v) is 9.33. The van der Waals surface area contributed by atoms with Gasteiger partial charge < -0.3 is 24.9 Å². The Kier molecular flexibility index (Phi) is 5.28. The van der Waals surface area contributed by atoms with Crippen LogP contribution in [0.2, 0.25) is 0 Å². The van der Waals surface area contributed by atoms with Gasteiger partial charge >= 0.3 is 5.69 Å². The van der Waals surface area contributed by atoms with E-state index in [-0.39, 0.29) is 30.5 Å². The van der Waals surface area contributed by atoms with E-state index in [9.17, 15) is 14.7 Å². The molecule has 4 rings (SSSR count). The molecule has 1 unspecified atom stereocenters. The highest BCUT2D eigenvalue weighted by molar-refractivity contribution is 5.97. The number of hydrogen-bond acceptors (Lipinski definition) is 7. The number of rotatable bonds is 6. The highest BCUT2D eigenvalue weighted by Crippen LogP contribution is 2.31. The van der Waals surface area contributed by atoms with Gasteiger partial charge in [0, 0.05) is 6.42 Å². The van der Waals surface area contributed by atoms with E-state index in [0.29, 0.717) is 17.8 Å². The number of nitrogens with one attached hydrogen (secondary N) is 2. The van der Waals surface area contributed by atoms with Gasteiger partial charge in [-0.3, -0.25) is 4.79 Å². The van der Waals surface area contributed by atoms with Crippen LogP contribution in [0.3, 0.4) is 0 Å². The first-order valence-electron chi connectivity index (χ1n) is 9.33. The molecule has 152 valence electrons. The van der Waals surface area contributed by atoms with Crippen molar-refractivity contribution in [1.82, 2.24) is 19.5 Å². The number of amides is 1. The van der Waals surface area contributed by atoms with E-state index < -0.39 is 23.9 Å². The van der Waals surface area contributed by atoms with E-state index in [4.69, 9.17) is 9.47 Å². The number of benzene rings is 1. The molecule has 1 fully saturated rings. The Morgan fingerprint density at radius 1 is 1.38 bits per heavy atom. The third-order valence-electron chi connectivity index (χ3n) is 4.77. The van der Waals surface area contributed by atoms with Crippen LogP contribution in [0.15, 0.2) is 41.5 Å². The normalized spacial score (nSPS) is 21.4. The van der Waals surface area contributed by atoms with Gasteiger partial charge in [-0.15, -0.1) is 0 Å². The van der Waals surface area contributed by atoms with Crippen LogP contribution in [0.1, 0.15) is 26.0 Å². The fraction of sp³-hybridized carbons (Fsp3) is 0.368. The minimum absolute atomic E-state index is 0.165. The Balaban J connectivity index is 1.54. The van der Waals surface area contributed by atoms with Crippen LogP contribution < -0.4 is 15.7 Å². The van der Waals surface area contributed by atoms with Crippen molar-refractivity contribution < 1.29 is 19.4 Å². The largest absolute Gasteiger partial charge is 0.484 e. The number of aromatic nitrogens is 4. The summed E-state index contributed by atoms with van der Waals surface area (Å²) in [6.07, 6.45) is 0.527. The quantitative estimate of drug-likeness (QED) is 0.567. The fourth-order valence-electron chi connectivity index (χ4n) is 3.37. The average molecular weight is 399 g/mol. The highest BCUT2D eigenvalue weighted by Gasteiger charge is 2.35. The van der Waals surface area contributed by atoms with E-state index in [0.717, 1.165) is 0 Å². The molecule has 10 heteroatoms. The number of para-hydroxylation sites is 1. The number of carbonyl (C=O) groups excluding carboxylic acids is 1. The molecule has 3 atom stereocenters. The lowest BCUT2D eigenvalue weighted by atomic mass is 10.1. The number of nitrogens with zero attached hydrogens (tertiary/aromatic N) is 3. The van der Waals surface area contributed by atoms with E-state index >= 15 is 0 Å². The van der Waals surface area contributed by atoms with Gasteiger partial charge in [0.05, 0.1) is 12.2 Å². The second kappa shape index (κ2) is 8.02. The first kappa shape index (κ1) is 19.1. The Labute approximate surface area is 165 Å². The lowest BCUT2D eigenvalue weighted by Crippen LogP contribution is -2.23. The standard InChI is InChI=1S/C19H21N5O5/c1-2-13-12(25)8-15(29-13)24-18-16(23-19(24)27)17(20-10-21-18)22-14(26)9-28-11-6-4-3-5-7-11/h3-7,10,12-13,15,25H,2,8-9H2,1H3,(H,23,27)(H,20,21,22,26)/t12?,13-,15-/m1/s1. The van der Waals surface area contributed by atoms with Crippen molar-refractivity contribution in [2.75, 3.05) is 11.9 Å². The van der Waals surface area contributed by atoms with Crippen molar-refractivity contribution in [1.29, 1.82) is 0 Å². The number of aliphatic hydroxyl groups is 1. The number of anilines is 1. The van der Waals surface area contributed by atoms with Crippen LogP contribution in [0.25, 0.3) is 11.2 Å². The Morgan fingerprint density at radius 2 is 2.17 bits per heavy atom. The molecular formula is C19H21N5O5. The summed E-state index contributed by atoms with van der Waals surface area (Å²) in [6.45, 7) is 1.69. The maximum absolute atomic E-state index is 12.5. The van der Waals surface area contributed by atoms with Gasteiger partial charge in [-0.25, -0.2) is 19.3 Å². The second-order valence-electron chi connectivity index (χ2n) is 6.71. The Morgan fingerprint density at radius 3 is 2.90 bits per heavy atom. The van der Waals surface area contributed by atoms with Crippen LogP contribution in [0.5, 0.6) is 5.75 Å². The summed E-state index contributed by atoms with van der Waals surface area (Å²) in [5.41, 5.74) is 0.118. The molecule has 1 aliphatic rings. The molecule has 29 heavy (non-hydrogen) atoms. The minimum Gasteiger partial charge on any atom is -0.484 e. The van der Waals surface area contributed by atoms with E-state index in [1.807, 2.05) is 13.0 Å². The molecule has 1 aliphatic heterocycles. The minimum atomic E-state index is -0.655. The summed E-state index contributed by atoms with van der Waals surface area (Å²) in [4.78, 5) is 35.6. The molecule has 3 heterocycles. The molecule has 1 aromatic carbocycles. The zero-order chi connectivity index (χ0) is 20.4. The number of ether oxygens (including phenoxy) is 2. The molecule has 0 radical (unpaired) electrons. The zero-order valence-electron chi connectivity index (χ0n) is 15.7. The van der Waals surface area contributed by atoms with Gasteiger partial charge in [0.2, 0.25) is 0 Å². The predicted octanol–water partition coefficient (Wildman–Crippen LogP) is 1.20. The number of H-pyrrole nitrogens is 1. The third kappa shape index (κ3) is 3.84. The van der Waals surface area contributed by atoms with Crippen LogP contribution in [0.4, 0.5) is 5.82 Å². The van der Waals surface area contributed by atoms with Crippen molar-refractivity contribution >= 4 is 22.9 Å². The molecule has 1 saturated heterocycles. The van der Waals surface area contributed by atoms with Crippen molar-refractivity contribution in [3.05, 3.63) is 47.1 Å². The maximum atomic E-state index is 12.5. The van der Waals surface area contributed by atoms with Crippen molar-refractivity contribution in [3.8, 4) is 5.75 Å². The monoisotopic (exact) mass is 399 g/mol. The van der Waals surface area contributed by atoms with Gasteiger partial charge in [0.25, 0.3) is 5.91 Å². The third-order valence-corrected chi connectivity index (χ3v) is 4.77. The average Bonchev–Trinajstić information content (AvgIpc) is 3.26. The molecule has 10 nitrogen and oxygen atoms in total. The lowest BCUT2D eigenvalue weighted by molar-refractivity contribution is -0.118. The first-order chi connectivity index (χ1) is 14.1. The second-order valence-corrected chi connectivity index (χ2v) is 6.71. The molecule has 0 aliphatic carbocycles. The van der Waals surface area contributed by atoms with Crippen molar-refractivity contribution in [2.24, 2.45) is 0 Å². The number of imidazole rings is 1. The van der Waals surface area contributed by atoms with Crippen LogP contribution in [-0.2, 0) is 9.53 Å². The molecule has 3 N–H and O–H groups in total. The number of carbonyl (C=O) groups is 1. The van der Waals surface area contributed by atoms with Crippen LogP contribution in [-0.4, -0.2) is 49.3 Å². The van der Waals surface area contributed by atoms with Gasteiger partial charge in [-0.2, -0.15) is 0 Å². The SMILES string of the molecule is CC[C@H]1O[C@@H](n2c(=O)[nH]c3c(NC(=O)COc4ccccc4)ncnc32)CC1O. The molecule has 0 saturated carbocycles. The molecule has 1 amide bonds. The van der Waals surface area contributed by atoms with Gasteiger partial charge in [-0.05, 0) is 18.6 Å². The summed E-state index contributed by atoms with van der Waals surface area (Å²) < 4.78 is 12.5. The van der Waals surface area contributed by atoms with Gasteiger partial charge in [0.1, 0.15) is 23.8 Å². The van der Waals surface area contributed by atoms with E-state index in [2.05, 4.69) is 20.3 Å². The van der Waals surface area contributed by atoms with Crippen molar-refractivity contribution in [2.45, 2.75) is 38.2 Å². The molecule has 0 spiro atoms. The number of aromatic amines is 1. The summed E-state index contributed by atoms with van der Waals surface area (Å²) >= 11 is 0. The summed E-state index contributed by atoms with van der Waals surface area (Å²) in [6, 6.07) is 8.95.